The summed E-state index contributed by atoms with van der Waals surface area (Å²) in [6.07, 6.45) is 10.8. The predicted molar refractivity (Wildman–Crippen MR) is 160 cm³/mol. The number of benzene rings is 1. The number of halogens is 1. The van der Waals surface area contributed by atoms with E-state index in [0.717, 1.165) is 66.8 Å². The molecule has 2 aliphatic heterocycles. The Morgan fingerprint density at radius 3 is 2.55 bits per heavy atom. The molecular weight excluding hydrogens is 526 g/mol. The Labute approximate surface area is 241 Å². The number of aromatic nitrogens is 3. The Bertz CT molecular complexity index is 1300. The van der Waals surface area contributed by atoms with E-state index in [1.807, 2.05) is 17.0 Å². The molecule has 0 radical (unpaired) electrons. The molecule has 10 heteroatoms. The molecule has 6 rings (SSSR count). The molecule has 3 fully saturated rings. The van der Waals surface area contributed by atoms with Gasteiger partial charge in [0, 0.05) is 63.2 Å². The second-order valence-corrected chi connectivity index (χ2v) is 11.8. The smallest absolute Gasteiger partial charge is 0.242 e. The van der Waals surface area contributed by atoms with Crippen LogP contribution >= 0.6 is 11.6 Å². The third-order valence-corrected chi connectivity index (χ3v) is 9.12. The molecule has 3 aromatic rings. The normalized spacial score (nSPS) is 20.0. The van der Waals surface area contributed by atoms with Gasteiger partial charge in [-0.25, -0.2) is 9.97 Å². The van der Waals surface area contributed by atoms with E-state index in [4.69, 9.17) is 21.3 Å². The van der Waals surface area contributed by atoms with Gasteiger partial charge in [0.15, 0.2) is 5.65 Å². The van der Waals surface area contributed by atoms with Crippen molar-refractivity contribution in [3.05, 3.63) is 35.5 Å². The summed E-state index contributed by atoms with van der Waals surface area (Å²) in [6, 6.07) is 9.36. The minimum absolute atomic E-state index is 0.132. The third kappa shape index (κ3) is 5.92. The maximum atomic E-state index is 12.6. The van der Waals surface area contributed by atoms with E-state index < -0.39 is 0 Å². The minimum atomic E-state index is 0.132. The number of carbonyl (C=O) groups excluding carboxylic acids is 1. The number of pyridine rings is 1. The van der Waals surface area contributed by atoms with Crippen LogP contribution in [0.1, 0.15) is 44.9 Å². The number of imidazole rings is 1. The van der Waals surface area contributed by atoms with E-state index in [2.05, 4.69) is 37.2 Å². The first-order valence-electron chi connectivity index (χ1n) is 14.8. The molecule has 2 saturated heterocycles. The predicted octanol–water partition coefficient (Wildman–Crippen LogP) is 4.78. The highest BCUT2D eigenvalue weighted by Crippen LogP contribution is 2.33. The summed E-state index contributed by atoms with van der Waals surface area (Å²) in [7, 11) is 1.66. The van der Waals surface area contributed by atoms with E-state index in [1.54, 1.807) is 13.3 Å². The summed E-state index contributed by atoms with van der Waals surface area (Å²) in [5.74, 6) is 0.888. The number of aromatic amines is 1. The number of H-pyrrole nitrogens is 1. The number of methoxy groups -OCH3 is 1. The number of piperazine rings is 1. The van der Waals surface area contributed by atoms with Crippen LogP contribution in [-0.4, -0.2) is 95.7 Å². The first-order valence-corrected chi connectivity index (χ1v) is 15.1. The van der Waals surface area contributed by atoms with Crippen molar-refractivity contribution < 1.29 is 9.53 Å². The summed E-state index contributed by atoms with van der Waals surface area (Å²) in [4.78, 5) is 32.0. The summed E-state index contributed by atoms with van der Waals surface area (Å²) < 4.78 is 5.12. The molecule has 9 nitrogen and oxygen atoms in total. The lowest BCUT2D eigenvalue weighted by Gasteiger charge is -2.39. The SMILES string of the molecule is COCCN1CCN(c2ccc(-c3nc4ncc(Cl)c(NC5CCN(C6CCCCC6)CC5)c4[nH]3)cc2)CC1=O. The maximum absolute atomic E-state index is 12.6. The molecule has 3 aliphatic rings. The molecule has 2 aromatic heterocycles. The lowest BCUT2D eigenvalue weighted by molar-refractivity contribution is -0.131. The number of hydrogen-bond acceptors (Lipinski definition) is 7. The van der Waals surface area contributed by atoms with Crippen LogP contribution < -0.4 is 10.2 Å². The Balaban J connectivity index is 1.12. The fourth-order valence-corrected chi connectivity index (χ4v) is 6.67. The molecule has 1 saturated carbocycles. The number of nitrogens with one attached hydrogen (secondary N) is 2. The summed E-state index contributed by atoms with van der Waals surface area (Å²) in [5, 5.41) is 4.35. The van der Waals surface area contributed by atoms with Gasteiger partial charge in [-0.1, -0.05) is 30.9 Å². The number of hydrogen-bond donors (Lipinski definition) is 2. The van der Waals surface area contributed by atoms with Gasteiger partial charge in [-0.15, -0.1) is 0 Å². The molecule has 40 heavy (non-hydrogen) atoms. The molecule has 1 aromatic carbocycles. The molecule has 0 unspecified atom stereocenters. The Morgan fingerprint density at radius 2 is 1.82 bits per heavy atom. The molecule has 1 amide bonds. The van der Waals surface area contributed by atoms with Gasteiger partial charge >= 0.3 is 0 Å². The van der Waals surface area contributed by atoms with Crippen LogP contribution in [0.3, 0.4) is 0 Å². The van der Waals surface area contributed by atoms with Gasteiger partial charge in [-0.05, 0) is 49.9 Å². The molecule has 0 bridgehead atoms. The maximum Gasteiger partial charge on any atom is 0.242 e. The van der Waals surface area contributed by atoms with Gasteiger partial charge in [-0.3, -0.25) is 4.79 Å². The van der Waals surface area contributed by atoms with Crippen molar-refractivity contribution in [3.63, 3.8) is 0 Å². The molecule has 4 heterocycles. The van der Waals surface area contributed by atoms with Crippen LogP contribution in [0.25, 0.3) is 22.6 Å². The van der Waals surface area contributed by atoms with E-state index >= 15 is 0 Å². The number of fused-ring (bicyclic) bond motifs is 1. The summed E-state index contributed by atoms with van der Waals surface area (Å²) in [5.41, 5.74) is 4.39. The molecule has 0 spiro atoms. The van der Waals surface area contributed by atoms with Crippen LogP contribution in [0, 0.1) is 0 Å². The van der Waals surface area contributed by atoms with Crippen LogP contribution in [-0.2, 0) is 9.53 Å². The average molecular weight is 566 g/mol. The van der Waals surface area contributed by atoms with Crippen molar-refractivity contribution in [2.75, 3.05) is 63.2 Å². The number of carbonyl (C=O) groups is 1. The van der Waals surface area contributed by atoms with Crippen LogP contribution in [0.5, 0.6) is 0 Å². The third-order valence-electron chi connectivity index (χ3n) is 8.83. The van der Waals surface area contributed by atoms with Crippen LogP contribution in [0.4, 0.5) is 11.4 Å². The molecule has 214 valence electrons. The van der Waals surface area contributed by atoms with Crippen molar-refractivity contribution in [3.8, 4) is 11.4 Å². The Morgan fingerprint density at radius 1 is 1.05 bits per heavy atom. The monoisotopic (exact) mass is 565 g/mol. The van der Waals surface area contributed by atoms with Crippen molar-refractivity contribution in [2.45, 2.75) is 57.0 Å². The second kappa shape index (κ2) is 12.3. The molecular formula is C30H40ClN7O2. The van der Waals surface area contributed by atoms with E-state index in [0.29, 0.717) is 43.0 Å². The zero-order valence-corrected chi connectivity index (χ0v) is 24.1. The van der Waals surface area contributed by atoms with Gasteiger partial charge in [0.05, 0.1) is 30.1 Å². The number of amides is 1. The number of anilines is 2. The highest BCUT2D eigenvalue weighted by atomic mass is 35.5. The minimum Gasteiger partial charge on any atom is -0.383 e. The van der Waals surface area contributed by atoms with Crippen molar-refractivity contribution in [1.29, 1.82) is 0 Å². The number of nitrogens with zero attached hydrogens (tertiary/aromatic N) is 5. The number of ether oxygens (including phenoxy) is 1. The number of rotatable bonds is 8. The lowest BCUT2D eigenvalue weighted by atomic mass is 9.92. The molecule has 0 atom stereocenters. The van der Waals surface area contributed by atoms with Gasteiger partial charge in [0.25, 0.3) is 0 Å². The Hall–Kier alpha value is -2.88. The highest BCUT2D eigenvalue weighted by molar-refractivity contribution is 6.34. The topological polar surface area (TPSA) is 89.6 Å². The summed E-state index contributed by atoms with van der Waals surface area (Å²) in [6.45, 7) is 5.37. The van der Waals surface area contributed by atoms with Gasteiger partial charge < -0.3 is 29.7 Å². The largest absolute Gasteiger partial charge is 0.383 e. The standard InChI is InChI=1S/C30H40ClN7O2/c1-40-18-17-37-15-16-38(20-26(37)39)24-9-7-21(8-10-24)29-34-28-27(25(31)19-32-30(28)35-29)33-22-11-13-36(14-12-22)23-5-3-2-4-6-23/h7-10,19,22-23H,2-6,11-18,20H2,1H3,(H2,32,33,34,35). The number of likely N-dealkylation sites (tertiary alicyclic amines) is 1. The van der Waals surface area contributed by atoms with Crippen molar-refractivity contribution in [1.82, 2.24) is 24.8 Å². The van der Waals surface area contributed by atoms with Crippen LogP contribution in [0.2, 0.25) is 5.02 Å². The van der Waals surface area contributed by atoms with Gasteiger partial charge in [-0.2, -0.15) is 0 Å². The first kappa shape index (κ1) is 27.3. The first-order chi connectivity index (χ1) is 19.6. The second-order valence-electron chi connectivity index (χ2n) is 11.4. The van der Waals surface area contributed by atoms with Crippen LogP contribution in [0.15, 0.2) is 30.5 Å². The quantitative estimate of drug-likeness (QED) is 0.406. The molecule has 1 aliphatic carbocycles. The fourth-order valence-electron chi connectivity index (χ4n) is 6.47. The summed E-state index contributed by atoms with van der Waals surface area (Å²) >= 11 is 6.66. The number of piperidine rings is 1. The zero-order chi connectivity index (χ0) is 27.5. The van der Waals surface area contributed by atoms with E-state index in [-0.39, 0.29) is 5.91 Å². The fraction of sp³-hybridized carbons (Fsp3) is 0.567. The zero-order valence-electron chi connectivity index (χ0n) is 23.4. The van der Waals surface area contributed by atoms with E-state index in [9.17, 15) is 4.79 Å². The highest BCUT2D eigenvalue weighted by Gasteiger charge is 2.27. The Kier molecular flexibility index (Phi) is 8.41. The van der Waals surface area contributed by atoms with Crippen molar-refractivity contribution >= 4 is 40.0 Å². The van der Waals surface area contributed by atoms with Crippen molar-refractivity contribution in [2.24, 2.45) is 0 Å². The van der Waals surface area contributed by atoms with Gasteiger partial charge in [0.2, 0.25) is 5.91 Å². The van der Waals surface area contributed by atoms with Gasteiger partial charge in [0.1, 0.15) is 11.3 Å². The lowest BCUT2D eigenvalue weighted by Crippen LogP contribution is -2.51. The molecule has 2 N–H and O–H groups in total. The average Bonchev–Trinajstić information content (AvgIpc) is 3.44. The van der Waals surface area contributed by atoms with E-state index in [1.165, 1.54) is 32.1 Å².